The van der Waals surface area contributed by atoms with Gasteiger partial charge in [-0.05, 0) is 36.8 Å². The summed E-state index contributed by atoms with van der Waals surface area (Å²) >= 11 is 0. The Morgan fingerprint density at radius 3 is 2.26 bits per heavy atom. The minimum atomic E-state index is -3.02. The average molecular weight is 475 g/mol. The molecule has 0 spiro atoms. The normalized spacial score (nSPS) is 15.0. The molecule has 2 aromatic carbocycles. The van der Waals surface area contributed by atoms with Crippen LogP contribution < -0.4 is 10.1 Å². The molecule has 0 aromatic heterocycles. The van der Waals surface area contributed by atoms with E-state index in [0.29, 0.717) is 38.3 Å². The summed E-state index contributed by atoms with van der Waals surface area (Å²) < 4.78 is 34.4. The van der Waals surface area contributed by atoms with E-state index in [1.807, 2.05) is 4.90 Å². The second kappa shape index (κ2) is 11.6. The van der Waals surface area contributed by atoms with Crippen molar-refractivity contribution < 1.29 is 32.6 Å². The summed E-state index contributed by atoms with van der Waals surface area (Å²) in [4.78, 5) is 40.5. The molecule has 1 atom stereocenters. The van der Waals surface area contributed by atoms with Crippen LogP contribution in [0.4, 0.5) is 8.78 Å². The van der Waals surface area contributed by atoms with E-state index in [2.05, 4.69) is 14.8 Å². The summed E-state index contributed by atoms with van der Waals surface area (Å²) in [5.41, 5.74) is 1.36. The molecule has 34 heavy (non-hydrogen) atoms. The summed E-state index contributed by atoms with van der Waals surface area (Å²) in [6, 6.07) is 12.3. The molecule has 0 radical (unpaired) electrons. The fraction of sp³-hybridized carbons (Fsp3) is 0.375. The molecule has 182 valence electrons. The SMILES string of the molecule is COC(=O)c1ccc(CNC(=O)C(C)N2CCN(C(=O)c3ccccc3OC(F)F)CC2)cc1. The third-order valence-electron chi connectivity index (χ3n) is 5.70. The number of nitrogens with zero attached hydrogens (tertiary/aromatic N) is 2. The molecule has 0 saturated carbocycles. The van der Waals surface area contributed by atoms with Gasteiger partial charge in [0, 0.05) is 32.7 Å². The molecule has 0 bridgehead atoms. The van der Waals surface area contributed by atoms with Crippen LogP contribution in [0.2, 0.25) is 0 Å². The zero-order valence-electron chi connectivity index (χ0n) is 19.0. The van der Waals surface area contributed by atoms with Gasteiger partial charge in [-0.25, -0.2) is 4.79 Å². The number of nitrogens with one attached hydrogen (secondary N) is 1. The molecule has 8 nitrogen and oxygen atoms in total. The van der Waals surface area contributed by atoms with Gasteiger partial charge < -0.3 is 19.7 Å². The van der Waals surface area contributed by atoms with Crippen molar-refractivity contribution in [1.29, 1.82) is 0 Å². The molecule has 3 rings (SSSR count). The number of hydrogen-bond acceptors (Lipinski definition) is 6. The molecule has 1 aliphatic heterocycles. The molecule has 1 aliphatic rings. The first-order valence-corrected chi connectivity index (χ1v) is 10.8. The van der Waals surface area contributed by atoms with Crippen molar-refractivity contribution in [2.45, 2.75) is 26.1 Å². The lowest BCUT2D eigenvalue weighted by Crippen LogP contribution is -2.54. The third kappa shape index (κ3) is 6.28. The molecule has 2 aromatic rings. The smallest absolute Gasteiger partial charge is 0.387 e. The van der Waals surface area contributed by atoms with Gasteiger partial charge >= 0.3 is 12.6 Å². The first-order chi connectivity index (χ1) is 16.3. The summed E-state index contributed by atoms with van der Waals surface area (Å²) in [6.07, 6.45) is 0. The molecule has 1 saturated heterocycles. The molecule has 1 unspecified atom stereocenters. The van der Waals surface area contributed by atoms with Crippen molar-refractivity contribution in [1.82, 2.24) is 15.1 Å². The van der Waals surface area contributed by atoms with E-state index in [-0.39, 0.29) is 23.1 Å². The highest BCUT2D eigenvalue weighted by atomic mass is 19.3. The Balaban J connectivity index is 1.50. The van der Waals surface area contributed by atoms with Gasteiger partial charge in [0.1, 0.15) is 5.75 Å². The van der Waals surface area contributed by atoms with Crippen molar-refractivity contribution in [3.05, 3.63) is 65.2 Å². The van der Waals surface area contributed by atoms with Crippen LogP contribution in [0, 0.1) is 0 Å². The zero-order chi connectivity index (χ0) is 24.7. The van der Waals surface area contributed by atoms with Gasteiger partial charge in [-0.15, -0.1) is 0 Å². The Morgan fingerprint density at radius 1 is 1.00 bits per heavy atom. The Kier molecular flexibility index (Phi) is 8.53. The van der Waals surface area contributed by atoms with Crippen LogP contribution in [0.3, 0.4) is 0 Å². The number of benzene rings is 2. The number of hydrogen-bond donors (Lipinski definition) is 1. The van der Waals surface area contributed by atoms with Crippen LogP contribution in [-0.4, -0.2) is 73.5 Å². The van der Waals surface area contributed by atoms with Crippen molar-refractivity contribution in [3.8, 4) is 5.75 Å². The molecular weight excluding hydrogens is 448 g/mol. The van der Waals surface area contributed by atoms with Crippen LogP contribution in [-0.2, 0) is 16.1 Å². The van der Waals surface area contributed by atoms with E-state index in [4.69, 9.17) is 0 Å². The van der Waals surface area contributed by atoms with Crippen molar-refractivity contribution in [2.24, 2.45) is 0 Å². The Labute approximate surface area is 196 Å². The highest BCUT2D eigenvalue weighted by molar-refractivity contribution is 5.97. The van der Waals surface area contributed by atoms with Gasteiger partial charge in [-0.1, -0.05) is 24.3 Å². The number of carbonyl (C=O) groups is 3. The summed E-state index contributed by atoms with van der Waals surface area (Å²) in [5.74, 6) is -1.12. The number of rotatable bonds is 8. The Hall–Kier alpha value is -3.53. The Morgan fingerprint density at radius 2 is 1.65 bits per heavy atom. The number of esters is 1. The monoisotopic (exact) mass is 475 g/mol. The van der Waals surface area contributed by atoms with Crippen LogP contribution in [0.25, 0.3) is 0 Å². The molecule has 10 heteroatoms. The van der Waals surface area contributed by atoms with E-state index in [1.54, 1.807) is 42.2 Å². The van der Waals surface area contributed by atoms with Crippen LogP contribution in [0.1, 0.15) is 33.2 Å². The van der Waals surface area contributed by atoms with E-state index in [1.165, 1.54) is 25.3 Å². The molecular formula is C24H27F2N3O5. The average Bonchev–Trinajstić information content (AvgIpc) is 2.86. The van der Waals surface area contributed by atoms with Gasteiger partial charge in [0.15, 0.2) is 0 Å². The van der Waals surface area contributed by atoms with E-state index in [0.717, 1.165) is 5.56 Å². The standard InChI is InChI=1S/C24H27F2N3O5/c1-16(21(30)27-15-17-7-9-18(10-8-17)23(32)33-2)28-11-13-29(14-12-28)22(31)19-5-3-4-6-20(19)34-24(25)26/h3-10,16,24H,11-15H2,1-2H3,(H,27,30). The van der Waals surface area contributed by atoms with Crippen molar-refractivity contribution >= 4 is 17.8 Å². The molecule has 1 N–H and O–H groups in total. The number of piperazine rings is 1. The van der Waals surface area contributed by atoms with E-state index >= 15 is 0 Å². The minimum Gasteiger partial charge on any atom is -0.465 e. The maximum Gasteiger partial charge on any atom is 0.387 e. The lowest BCUT2D eigenvalue weighted by molar-refractivity contribution is -0.126. The molecule has 1 heterocycles. The number of methoxy groups -OCH3 is 1. The fourth-order valence-corrected chi connectivity index (χ4v) is 3.70. The van der Waals surface area contributed by atoms with Crippen molar-refractivity contribution in [3.63, 3.8) is 0 Å². The first-order valence-electron chi connectivity index (χ1n) is 10.8. The first kappa shape index (κ1) is 25.1. The third-order valence-corrected chi connectivity index (χ3v) is 5.70. The van der Waals surface area contributed by atoms with Crippen LogP contribution in [0.15, 0.2) is 48.5 Å². The highest BCUT2D eigenvalue weighted by Crippen LogP contribution is 2.22. The van der Waals surface area contributed by atoms with Gasteiger partial charge in [0.25, 0.3) is 5.91 Å². The maximum atomic E-state index is 12.8. The number of amides is 2. The lowest BCUT2D eigenvalue weighted by atomic mass is 10.1. The van der Waals surface area contributed by atoms with Gasteiger partial charge in [-0.2, -0.15) is 8.78 Å². The van der Waals surface area contributed by atoms with Gasteiger partial charge in [0.2, 0.25) is 5.91 Å². The second-order valence-electron chi connectivity index (χ2n) is 7.79. The summed E-state index contributed by atoms with van der Waals surface area (Å²) in [7, 11) is 1.31. The predicted octanol–water partition coefficient (Wildman–Crippen LogP) is 2.54. The zero-order valence-corrected chi connectivity index (χ0v) is 19.0. The predicted molar refractivity (Wildman–Crippen MR) is 120 cm³/mol. The number of alkyl halides is 2. The molecule has 1 fully saturated rings. The van der Waals surface area contributed by atoms with Crippen molar-refractivity contribution in [2.75, 3.05) is 33.3 Å². The lowest BCUT2D eigenvalue weighted by Gasteiger charge is -2.37. The Bertz CT molecular complexity index is 1010. The molecule has 0 aliphatic carbocycles. The fourth-order valence-electron chi connectivity index (χ4n) is 3.70. The summed E-state index contributed by atoms with van der Waals surface area (Å²) in [6.45, 7) is 0.722. The van der Waals surface area contributed by atoms with E-state index < -0.39 is 18.6 Å². The quantitative estimate of drug-likeness (QED) is 0.591. The largest absolute Gasteiger partial charge is 0.465 e. The van der Waals surface area contributed by atoms with Gasteiger partial charge in [-0.3, -0.25) is 14.5 Å². The number of ether oxygens (including phenoxy) is 2. The number of halogens is 2. The number of carbonyl (C=O) groups excluding carboxylic acids is 3. The van der Waals surface area contributed by atoms with Crippen LogP contribution in [0.5, 0.6) is 5.75 Å². The minimum absolute atomic E-state index is 0.0836. The number of para-hydroxylation sites is 1. The molecule has 2 amide bonds. The maximum absolute atomic E-state index is 12.8. The highest BCUT2D eigenvalue weighted by Gasteiger charge is 2.29. The van der Waals surface area contributed by atoms with E-state index in [9.17, 15) is 23.2 Å². The van der Waals surface area contributed by atoms with Crippen LogP contribution >= 0.6 is 0 Å². The topological polar surface area (TPSA) is 88.2 Å². The summed E-state index contributed by atoms with van der Waals surface area (Å²) in [5, 5.41) is 2.88. The van der Waals surface area contributed by atoms with Gasteiger partial charge in [0.05, 0.1) is 24.3 Å². The second-order valence-corrected chi connectivity index (χ2v) is 7.79.